The van der Waals surface area contributed by atoms with E-state index in [-0.39, 0.29) is 16.2 Å². The minimum absolute atomic E-state index is 0.0821. The van der Waals surface area contributed by atoms with Gasteiger partial charge in [-0.05, 0) is 71.0 Å². The Morgan fingerprint density at radius 2 is 1.63 bits per heavy atom. The van der Waals surface area contributed by atoms with E-state index in [4.69, 9.17) is 4.74 Å². The van der Waals surface area contributed by atoms with E-state index in [2.05, 4.69) is 36.1 Å². The summed E-state index contributed by atoms with van der Waals surface area (Å²) in [6, 6.07) is 19.5. The second-order valence-corrected chi connectivity index (χ2v) is 11.7. The van der Waals surface area contributed by atoms with E-state index in [1.54, 1.807) is 44.5 Å². The molecule has 0 fully saturated rings. The van der Waals surface area contributed by atoms with Crippen LogP contribution >= 0.6 is 0 Å². The third-order valence-corrected chi connectivity index (χ3v) is 7.48. The number of hydrogen-bond donors (Lipinski definition) is 3. The number of carbonyl (C=O) groups excluding carboxylic acids is 1. The number of benzene rings is 3. The van der Waals surface area contributed by atoms with Gasteiger partial charge in [0.25, 0.3) is 10.0 Å². The van der Waals surface area contributed by atoms with Gasteiger partial charge in [0.05, 0.1) is 12.0 Å². The van der Waals surface area contributed by atoms with Crippen LogP contribution in [0.15, 0.2) is 77.7 Å². The standard InChI is InChI=1S/C30H37N3O4S/c1-7-18-32-29(34)20-26(21-8-13-24(37-6)14-9-21)27-19-23(12-17-28(27)31-5)33-38(35,36)25-15-10-22(11-16-25)30(2,3)4/h8-17,19-20,31,33H,7,18H2,1-6H3,(H,32,34)/b26-20+. The second-order valence-electron chi connectivity index (χ2n) is 9.97. The molecule has 0 atom stereocenters. The van der Waals surface area contributed by atoms with Crippen molar-refractivity contribution in [1.29, 1.82) is 0 Å². The zero-order valence-corrected chi connectivity index (χ0v) is 23.7. The SMILES string of the molecule is CCCNC(=O)/C=C(\c1ccc(OC)cc1)c1cc(NS(=O)(=O)c2ccc(C(C)(C)C)cc2)ccc1NC. The molecular formula is C30H37N3O4S. The molecule has 0 aromatic heterocycles. The number of amides is 1. The summed E-state index contributed by atoms with van der Waals surface area (Å²) in [4.78, 5) is 12.9. The van der Waals surface area contributed by atoms with Crippen molar-refractivity contribution in [2.75, 3.05) is 30.7 Å². The van der Waals surface area contributed by atoms with Crippen LogP contribution in [-0.4, -0.2) is 35.0 Å². The Morgan fingerprint density at radius 1 is 0.974 bits per heavy atom. The fourth-order valence-corrected chi connectivity index (χ4v) is 4.96. The summed E-state index contributed by atoms with van der Waals surface area (Å²) in [5.74, 6) is 0.459. The van der Waals surface area contributed by atoms with Crippen molar-refractivity contribution in [1.82, 2.24) is 5.32 Å². The predicted octanol–water partition coefficient (Wildman–Crippen LogP) is 5.79. The summed E-state index contributed by atoms with van der Waals surface area (Å²) >= 11 is 0. The molecule has 0 unspecified atom stereocenters. The van der Waals surface area contributed by atoms with E-state index in [1.165, 1.54) is 6.08 Å². The fraction of sp³-hybridized carbons (Fsp3) is 0.300. The zero-order chi connectivity index (χ0) is 27.9. The molecular weight excluding hydrogens is 498 g/mol. The Hall–Kier alpha value is -3.78. The van der Waals surface area contributed by atoms with Crippen molar-refractivity contribution in [3.63, 3.8) is 0 Å². The number of anilines is 2. The van der Waals surface area contributed by atoms with E-state index < -0.39 is 10.0 Å². The average molecular weight is 536 g/mol. The van der Waals surface area contributed by atoms with Crippen LogP contribution < -0.4 is 20.1 Å². The molecule has 3 aromatic carbocycles. The molecule has 0 aliphatic rings. The smallest absolute Gasteiger partial charge is 0.261 e. The Kier molecular flexibility index (Phi) is 9.22. The third-order valence-electron chi connectivity index (χ3n) is 6.09. The number of hydrogen-bond acceptors (Lipinski definition) is 5. The van der Waals surface area contributed by atoms with E-state index in [9.17, 15) is 13.2 Å². The van der Waals surface area contributed by atoms with Crippen molar-refractivity contribution in [2.45, 2.75) is 44.4 Å². The Bertz CT molecular complexity index is 1390. The molecule has 3 aromatic rings. The number of ether oxygens (including phenoxy) is 1. The lowest BCUT2D eigenvalue weighted by Crippen LogP contribution is -2.22. The monoisotopic (exact) mass is 535 g/mol. The summed E-state index contributed by atoms with van der Waals surface area (Å²) in [5.41, 5.74) is 4.19. The molecule has 0 heterocycles. The minimum atomic E-state index is -3.83. The molecule has 3 N–H and O–H groups in total. The number of sulfonamides is 1. The maximum absolute atomic E-state index is 13.2. The first-order chi connectivity index (χ1) is 18.0. The largest absolute Gasteiger partial charge is 0.497 e. The highest BCUT2D eigenvalue weighted by Gasteiger charge is 2.19. The van der Waals surface area contributed by atoms with E-state index in [1.807, 2.05) is 43.3 Å². The highest BCUT2D eigenvalue weighted by atomic mass is 32.2. The maximum atomic E-state index is 13.2. The van der Waals surface area contributed by atoms with Crippen molar-refractivity contribution >= 4 is 32.9 Å². The first-order valence-electron chi connectivity index (χ1n) is 12.6. The molecule has 38 heavy (non-hydrogen) atoms. The third kappa shape index (κ3) is 7.16. The molecule has 0 radical (unpaired) electrons. The van der Waals surface area contributed by atoms with Crippen LogP contribution in [-0.2, 0) is 20.2 Å². The van der Waals surface area contributed by atoms with Crippen LogP contribution in [0.25, 0.3) is 5.57 Å². The van der Waals surface area contributed by atoms with Gasteiger partial charge < -0.3 is 15.4 Å². The van der Waals surface area contributed by atoms with E-state index >= 15 is 0 Å². The van der Waals surface area contributed by atoms with Gasteiger partial charge in [-0.25, -0.2) is 8.42 Å². The van der Waals surface area contributed by atoms with Crippen molar-refractivity contribution in [3.05, 3.63) is 89.5 Å². The molecule has 3 rings (SSSR count). The number of nitrogens with one attached hydrogen (secondary N) is 3. The van der Waals surface area contributed by atoms with Crippen LogP contribution in [0.5, 0.6) is 5.75 Å². The number of carbonyl (C=O) groups is 1. The van der Waals surface area contributed by atoms with Gasteiger partial charge >= 0.3 is 0 Å². The van der Waals surface area contributed by atoms with Crippen LogP contribution in [0, 0.1) is 0 Å². The van der Waals surface area contributed by atoms with Gasteiger partial charge in [0.15, 0.2) is 0 Å². The molecule has 7 nitrogen and oxygen atoms in total. The molecule has 0 saturated heterocycles. The summed E-state index contributed by atoms with van der Waals surface area (Å²) in [6.45, 7) is 8.78. The summed E-state index contributed by atoms with van der Waals surface area (Å²) in [6.07, 6.45) is 2.35. The molecule has 0 bridgehead atoms. The molecule has 0 aliphatic heterocycles. The normalized spacial score (nSPS) is 12.1. The summed E-state index contributed by atoms with van der Waals surface area (Å²) in [5, 5.41) is 6.03. The first kappa shape index (κ1) is 28.8. The van der Waals surface area contributed by atoms with Crippen molar-refractivity contribution in [2.24, 2.45) is 0 Å². The topological polar surface area (TPSA) is 96.5 Å². The molecule has 0 spiro atoms. The molecule has 0 saturated carbocycles. The second kappa shape index (κ2) is 12.2. The van der Waals surface area contributed by atoms with Crippen LogP contribution in [0.4, 0.5) is 11.4 Å². The lowest BCUT2D eigenvalue weighted by atomic mass is 9.87. The lowest BCUT2D eigenvalue weighted by molar-refractivity contribution is -0.116. The molecule has 0 aliphatic carbocycles. The fourth-order valence-electron chi connectivity index (χ4n) is 3.91. The van der Waals surface area contributed by atoms with Crippen LogP contribution in [0.2, 0.25) is 0 Å². The van der Waals surface area contributed by atoms with Crippen molar-refractivity contribution in [3.8, 4) is 5.75 Å². The van der Waals surface area contributed by atoms with Gasteiger partial charge in [0.1, 0.15) is 5.75 Å². The first-order valence-corrected chi connectivity index (χ1v) is 14.1. The number of methoxy groups -OCH3 is 1. The van der Waals surface area contributed by atoms with Crippen LogP contribution in [0.3, 0.4) is 0 Å². The number of rotatable bonds is 10. The van der Waals surface area contributed by atoms with Gasteiger partial charge in [0.2, 0.25) is 5.91 Å². The van der Waals surface area contributed by atoms with E-state index in [0.29, 0.717) is 29.1 Å². The summed E-state index contributed by atoms with van der Waals surface area (Å²) in [7, 11) is -0.459. The lowest BCUT2D eigenvalue weighted by Gasteiger charge is -2.19. The highest BCUT2D eigenvalue weighted by molar-refractivity contribution is 7.92. The summed E-state index contributed by atoms with van der Waals surface area (Å²) < 4.78 is 34.4. The molecule has 1 amide bonds. The van der Waals surface area contributed by atoms with Gasteiger partial charge in [0, 0.05) is 36.6 Å². The predicted molar refractivity (Wildman–Crippen MR) is 155 cm³/mol. The van der Waals surface area contributed by atoms with Crippen LogP contribution in [0.1, 0.15) is 50.8 Å². The van der Waals surface area contributed by atoms with Gasteiger partial charge in [-0.15, -0.1) is 0 Å². The van der Waals surface area contributed by atoms with E-state index in [0.717, 1.165) is 23.2 Å². The van der Waals surface area contributed by atoms with Gasteiger partial charge in [-0.2, -0.15) is 0 Å². The Balaban J connectivity index is 2.04. The highest BCUT2D eigenvalue weighted by Crippen LogP contribution is 2.33. The van der Waals surface area contributed by atoms with Gasteiger partial charge in [-0.1, -0.05) is 52.0 Å². The maximum Gasteiger partial charge on any atom is 0.261 e. The average Bonchev–Trinajstić information content (AvgIpc) is 2.90. The molecule has 8 heteroatoms. The quantitative estimate of drug-likeness (QED) is 0.286. The Morgan fingerprint density at radius 3 is 2.18 bits per heavy atom. The Labute approximate surface area is 226 Å². The molecule has 202 valence electrons. The van der Waals surface area contributed by atoms with Gasteiger partial charge in [-0.3, -0.25) is 9.52 Å². The van der Waals surface area contributed by atoms with Crippen molar-refractivity contribution < 1.29 is 17.9 Å². The zero-order valence-electron chi connectivity index (χ0n) is 22.9. The minimum Gasteiger partial charge on any atom is -0.497 e.